The zero-order valence-electron chi connectivity index (χ0n) is 9.91. The van der Waals surface area contributed by atoms with Gasteiger partial charge in [-0.25, -0.2) is 4.39 Å². The molecule has 1 saturated carbocycles. The molecule has 1 aromatic rings. The van der Waals surface area contributed by atoms with Crippen molar-refractivity contribution in [2.45, 2.75) is 39.2 Å². The van der Waals surface area contributed by atoms with Gasteiger partial charge in [0.1, 0.15) is 5.82 Å². The second kappa shape index (κ2) is 4.54. The van der Waals surface area contributed by atoms with Crippen LogP contribution in [0.1, 0.15) is 30.9 Å². The summed E-state index contributed by atoms with van der Waals surface area (Å²) in [5.41, 5.74) is 1.99. The molecule has 2 unspecified atom stereocenters. The molecule has 1 aliphatic rings. The third kappa shape index (κ3) is 2.62. The molecule has 0 heterocycles. The molecule has 16 heavy (non-hydrogen) atoms. The van der Waals surface area contributed by atoms with E-state index in [4.69, 9.17) is 0 Å². The van der Waals surface area contributed by atoms with E-state index in [0.29, 0.717) is 18.3 Å². The lowest BCUT2D eigenvalue weighted by molar-refractivity contribution is 0.105. The predicted molar refractivity (Wildman–Crippen MR) is 62.7 cm³/mol. The largest absolute Gasteiger partial charge is 0.392 e. The van der Waals surface area contributed by atoms with Crippen LogP contribution < -0.4 is 0 Å². The number of aliphatic hydroxyl groups is 1. The van der Waals surface area contributed by atoms with E-state index in [1.54, 1.807) is 6.07 Å². The summed E-state index contributed by atoms with van der Waals surface area (Å²) in [6.07, 6.45) is 2.85. The lowest BCUT2D eigenvalue weighted by atomic mass is 9.92. The molecule has 1 nitrogen and oxygen atoms in total. The fourth-order valence-electron chi connectivity index (χ4n) is 2.24. The quantitative estimate of drug-likeness (QED) is 0.830. The Morgan fingerprint density at radius 2 is 2.12 bits per heavy atom. The molecule has 0 spiro atoms. The van der Waals surface area contributed by atoms with Crippen molar-refractivity contribution < 1.29 is 9.50 Å². The van der Waals surface area contributed by atoms with Crippen LogP contribution in [-0.4, -0.2) is 11.2 Å². The summed E-state index contributed by atoms with van der Waals surface area (Å²) < 4.78 is 12.9. The van der Waals surface area contributed by atoms with Gasteiger partial charge < -0.3 is 5.11 Å². The highest BCUT2D eigenvalue weighted by Gasteiger charge is 2.32. The average Bonchev–Trinajstić information content (AvgIpc) is 3.04. The Kier molecular flexibility index (Phi) is 3.29. The van der Waals surface area contributed by atoms with Crippen molar-refractivity contribution in [2.75, 3.05) is 0 Å². The molecule has 2 heteroatoms. The molecular weight excluding hydrogens is 203 g/mol. The van der Waals surface area contributed by atoms with Gasteiger partial charge in [0.15, 0.2) is 0 Å². The first kappa shape index (κ1) is 11.6. The van der Waals surface area contributed by atoms with E-state index in [2.05, 4.69) is 6.92 Å². The van der Waals surface area contributed by atoms with E-state index in [1.807, 2.05) is 6.92 Å². The van der Waals surface area contributed by atoms with E-state index in [1.165, 1.54) is 25.0 Å². The van der Waals surface area contributed by atoms with Crippen LogP contribution in [0.2, 0.25) is 0 Å². The number of aliphatic hydroxyl groups excluding tert-OH is 1. The van der Waals surface area contributed by atoms with Crippen molar-refractivity contribution in [3.63, 3.8) is 0 Å². The van der Waals surface area contributed by atoms with Crippen molar-refractivity contribution in [3.8, 4) is 0 Å². The standard InChI is InChI=1S/C14H19FO/c1-9-7-13(15)6-5-12(9)8-14(16)10(2)11-3-4-11/h5-7,10-11,14,16H,3-4,8H2,1-2H3. The minimum Gasteiger partial charge on any atom is -0.392 e. The van der Waals surface area contributed by atoms with Crippen LogP contribution >= 0.6 is 0 Å². The normalized spacial score (nSPS) is 19.5. The number of aryl methyl sites for hydroxylation is 1. The fourth-order valence-corrected chi connectivity index (χ4v) is 2.24. The van der Waals surface area contributed by atoms with Gasteiger partial charge in [0.2, 0.25) is 0 Å². The first-order valence-electron chi connectivity index (χ1n) is 6.01. The summed E-state index contributed by atoms with van der Waals surface area (Å²) in [6.45, 7) is 4.01. The number of rotatable bonds is 4. The van der Waals surface area contributed by atoms with Gasteiger partial charge in [-0.05, 0) is 61.3 Å². The molecule has 0 saturated heterocycles. The van der Waals surface area contributed by atoms with Crippen LogP contribution in [0.5, 0.6) is 0 Å². The summed E-state index contributed by atoms with van der Waals surface area (Å²) in [6, 6.07) is 4.79. The molecule has 1 aliphatic carbocycles. The molecule has 2 atom stereocenters. The maximum atomic E-state index is 12.9. The van der Waals surface area contributed by atoms with Crippen molar-refractivity contribution >= 4 is 0 Å². The Labute approximate surface area is 96.3 Å². The number of benzene rings is 1. The Hall–Kier alpha value is -0.890. The van der Waals surface area contributed by atoms with Gasteiger partial charge in [0.05, 0.1) is 6.10 Å². The minimum absolute atomic E-state index is 0.203. The van der Waals surface area contributed by atoms with Gasteiger partial charge in [0, 0.05) is 0 Å². The van der Waals surface area contributed by atoms with Gasteiger partial charge in [-0.1, -0.05) is 13.0 Å². The SMILES string of the molecule is Cc1cc(F)ccc1CC(O)C(C)C1CC1. The monoisotopic (exact) mass is 222 g/mol. The van der Waals surface area contributed by atoms with Crippen LogP contribution in [0.15, 0.2) is 18.2 Å². The molecule has 88 valence electrons. The summed E-state index contributed by atoms with van der Waals surface area (Å²) in [4.78, 5) is 0. The maximum absolute atomic E-state index is 12.9. The number of hydrogen-bond donors (Lipinski definition) is 1. The fraction of sp³-hybridized carbons (Fsp3) is 0.571. The highest BCUT2D eigenvalue weighted by atomic mass is 19.1. The Bertz CT molecular complexity index is 371. The molecule has 1 N–H and O–H groups in total. The second-order valence-corrected chi connectivity index (χ2v) is 5.04. The van der Waals surface area contributed by atoms with Crippen LogP contribution in [-0.2, 0) is 6.42 Å². The molecule has 1 aromatic carbocycles. The van der Waals surface area contributed by atoms with Crippen LogP contribution in [0, 0.1) is 24.6 Å². The van der Waals surface area contributed by atoms with Crippen molar-refractivity contribution in [2.24, 2.45) is 11.8 Å². The third-order valence-corrected chi connectivity index (χ3v) is 3.71. The van der Waals surface area contributed by atoms with E-state index in [0.717, 1.165) is 11.1 Å². The first-order chi connectivity index (χ1) is 7.58. The van der Waals surface area contributed by atoms with Crippen molar-refractivity contribution in [3.05, 3.63) is 35.1 Å². The molecule has 1 fully saturated rings. The topological polar surface area (TPSA) is 20.2 Å². The highest BCUT2D eigenvalue weighted by molar-refractivity contribution is 5.27. The van der Waals surface area contributed by atoms with Gasteiger partial charge in [0.25, 0.3) is 0 Å². The summed E-state index contributed by atoms with van der Waals surface area (Å²) >= 11 is 0. The van der Waals surface area contributed by atoms with E-state index < -0.39 is 0 Å². The van der Waals surface area contributed by atoms with Gasteiger partial charge >= 0.3 is 0 Å². The number of halogens is 1. The summed E-state index contributed by atoms with van der Waals surface area (Å²) in [5, 5.41) is 10.1. The maximum Gasteiger partial charge on any atom is 0.123 e. The Morgan fingerprint density at radius 1 is 1.44 bits per heavy atom. The van der Waals surface area contributed by atoms with Gasteiger partial charge in [-0.15, -0.1) is 0 Å². The van der Waals surface area contributed by atoms with Gasteiger partial charge in [-0.2, -0.15) is 0 Å². The summed E-state index contributed by atoms with van der Waals surface area (Å²) in [7, 11) is 0. The Balaban J connectivity index is 2.02. The van der Waals surface area contributed by atoms with Crippen LogP contribution in [0.4, 0.5) is 4.39 Å². The lowest BCUT2D eigenvalue weighted by Crippen LogP contribution is -2.22. The van der Waals surface area contributed by atoms with Gasteiger partial charge in [-0.3, -0.25) is 0 Å². The predicted octanol–water partition coefficient (Wildman–Crippen LogP) is 3.08. The average molecular weight is 222 g/mol. The molecular formula is C14H19FO. The molecule has 0 amide bonds. The molecule has 0 radical (unpaired) electrons. The first-order valence-corrected chi connectivity index (χ1v) is 6.01. The molecule has 0 bridgehead atoms. The molecule has 2 rings (SSSR count). The summed E-state index contributed by atoms with van der Waals surface area (Å²) in [5.74, 6) is 0.867. The van der Waals surface area contributed by atoms with Crippen molar-refractivity contribution in [1.29, 1.82) is 0 Å². The Morgan fingerprint density at radius 3 is 2.69 bits per heavy atom. The zero-order valence-corrected chi connectivity index (χ0v) is 9.91. The lowest BCUT2D eigenvalue weighted by Gasteiger charge is -2.19. The van der Waals surface area contributed by atoms with Crippen LogP contribution in [0.3, 0.4) is 0 Å². The molecule has 0 aromatic heterocycles. The number of hydrogen-bond acceptors (Lipinski definition) is 1. The van der Waals surface area contributed by atoms with E-state index in [-0.39, 0.29) is 11.9 Å². The smallest absolute Gasteiger partial charge is 0.123 e. The minimum atomic E-state index is -0.295. The highest BCUT2D eigenvalue weighted by Crippen LogP contribution is 2.38. The third-order valence-electron chi connectivity index (χ3n) is 3.71. The van der Waals surface area contributed by atoms with Crippen LogP contribution in [0.25, 0.3) is 0 Å². The molecule has 0 aliphatic heterocycles. The van der Waals surface area contributed by atoms with Crippen molar-refractivity contribution in [1.82, 2.24) is 0 Å². The van der Waals surface area contributed by atoms with E-state index in [9.17, 15) is 9.50 Å². The zero-order chi connectivity index (χ0) is 11.7. The second-order valence-electron chi connectivity index (χ2n) is 5.04. The van der Waals surface area contributed by atoms with E-state index >= 15 is 0 Å².